The highest BCUT2D eigenvalue weighted by molar-refractivity contribution is 4.59. The van der Waals surface area contributed by atoms with E-state index in [0.717, 1.165) is 19.5 Å². The zero-order valence-corrected chi connectivity index (χ0v) is 11.1. The minimum atomic E-state index is -1.27. The van der Waals surface area contributed by atoms with E-state index in [1.54, 1.807) is 0 Å². The van der Waals surface area contributed by atoms with Gasteiger partial charge in [-0.2, -0.15) is 0 Å². The summed E-state index contributed by atoms with van der Waals surface area (Å²) in [6, 6.07) is 0. The van der Waals surface area contributed by atoms with Crippen molar-refractivity contribution in [3.8, 4) is 0 Å². The smallest absolute Gasteiger partial charge is 0.164 e. The second-order valence-electron chi connectivity index (χ2n) is 4.63. The van der Waals surface area contributed by atoms with Crippen molar-refractivity contribution >= 4 is 0 Å². The molecule has 3 N–H and O–H groups in total. The van der Waals surface area contributed by atoms with Gasteiger partial charge in [0.1, 0.15) is 0 Å². The van der Waals surface area contributed by atoms with Gasteiger partial charge in [-0.1, -0.05) is 39.0 Å². The van der Waals surface area contributed by atoms with Crippen LogP contribution in [-0.2, 0) is 0 Å². The summed E-state index contributed by atoms with van der Waals surface area (Å²) < 4.78 is 0. The maximum atomic E-state index is 8.95. The summed E-state index contributed by atoms with van der Waals surface area (Å²) in [5.41, 5.74) is 0. The first-order valence-corrected chi connectivity index (χ1v) is 6.90. The lowest BCUT2D eigenvalue weighted by molar-refractivity contribution is -0.0619. The molecule has 17 heavy (non-hydrogen) atoms. The van der Waals surface area contributed by atoms with E-state index in [9.17, 15) is 0 Å². The van der Waals surface area contributed by atoms with Gasteiger partial charge in [-0.15, -0.1) is 0 Å². The van der Waals surface area contributed by atoms with E-state index in [-0.39, 0.29) is 13.2 Å². The van der Waals surface area contributed by atoms with Crippen LogP contribution >= 0.6 is 0 Å². The standard InChI is InChI=1S/C13H29NO3/c1-2-3-4-5-6-7-9-14(10-8-11-15)12-13(16)17/h13,15-17H,2-12H2,1H3. The molecule has 0 atom stereocenters. The van der Waals surface area contributed by atoms with Crippen molar-refractivity contribution in [2.75, 3.05) is 26.2 Å². The highest BCUT2D eigenvalue weighted by atomic mass is 16.5. The largest absolute Gasteiger partial charge is 0.396 e. The number of rotatable bonds is 12. The number of nitrogens with zero attached hydrogens (tertiary/aromatic N) is 1. The van der Waals surface area contributed by atoms with Crippen LogP contribution < -0.4 is 0 Å². The maximum Gasteiger partial charge on any atom is 0.164 e. The van der Waals surface area contributed by atoms with Crippen LogP contribution in [0.25, 0.3) is 0 Å². The van der Waals surface area contributed by atoms with Crippen LogP contribution in [0.3, 0.4) is 0 Å². The minimum absolute atomic E-state index is 0.161. The Morgan fingerprint density at radius 1 is 0.882 bits per heavy atom. The van der Waals surface area contributed by atoms with Gasteiger partial charge in [-0.05, 0) is 19.4 Å². The van der Waals surface area contributed by atoms with Crippen LogP contribution in [0.15, 0.2) is 0 Å². The van der Waals surface area contributed by atoms with E-state index in [2.05, 4.69) is 6.92 Å². The summed E-state index contributed by atoms with van der Waals surface area (Å²) in [6.45, 7) is 4.29. The third kappa shape index (κ3) is 12.1. The molecule has 0 amide bonds. The highest BCUT2D eigenvalue weighted by Gasteiger charge is 2.08. The summed E-state index contributed by atoms with van der Waals surface area (Å²) in [7, 11) is 0. The lowest BCUT2D eigenvalue weighted by Crippen LogP contribution is -2.34. The van der Waals surface area contributed by atoms with Gasteiger partial charge >= 0.3 is 0 Å². The first-order valence-electron chi connectivity index (χ1n) is 6.90. The van der Waals surface area contributed by atoms with Crippen LogP contribution in [0.4, 0.5) is 0 Å². The zero-order chi connectivity index (χ0) is 12.9. The number of unbranched alkanes of at least 4 members (excludes halogenated alkanes) is 5. The number of hydrogen-bond acceptors (Lipinski definition) is 4. The van der Waals surface area contributed by atoms with Gasteiger partial charge in [-0.3, -0.25) is 4.90 Å². The average Bonchev–Trinajstić information content (AvgIpc) is 2.29. The molecule has 0 aromatic rings. The van der Waals surface area contributed by atoms with Gasteiger partial charge in [-0.25, -0.2) is 0 Å². The summed E-state index contributed by atoms with van der Waals surface area (Å²) in [5.74, 6) is 0. The van der Waals surface area contributed by atoms with Crippen molar-refractivity contribution in [2.45, 2.75) is 58.2 Å². The fourth-order valence-corrected chi connectivity index (χ4v) is 1.94. The molecule has 0 aromatic heterocycles. The Morgan fingerprint density at radius 2 is 1.47 bits per heavy atom. The minimum Gasteiger partial charge on any atom is -0.396 e. The van der Waals surface area contributed by atoms with Crippen LogP contribution in [0.2, 0.25) is 0 Å². The quantitative estimate of drug-likeness (QED) is 0.360. The summed E-state index contributed by atoms with van der Waals surface area (Å²) in [6.07, 6.45) is 6.87. The van der Waals surface area contributed by atoms with Crippen molar-refractivity contribution in [1.29, 1.82) is 0 Å². The van der Waals surface area contributed by atoms with E-state index < -0.39 is 6.29 Å². The second-order valence-corrected chi connectivity index (χ2v) is 4.63. The molecule has 0 unspecified atom stereocenters. The Balaban J connectivity index is 3.53. The first kappa shape index (κ1) is 16.8. The van der Waals surface area contributed by atoms with E-state index in [0.29, 0.717) is 6.42 Å². The predicted octanol–water partition coefficient (Wildman–Crippen LogP) is 1.34. The molecule has 0 saturated heterocycles. The molecule has 0 bridgehead atoms. The fourth-order valence-electron chi connectivity index (χ4n) is 1.94. The molecule has 104 valence electrons. The topological polar surface area (TPSA) is 63.9 Å². The third-order valence-electron chi connectivity index (χ3n) is 2.88. The van der Waals surface area contributed by atoms with Gasteiger partial charge in [0.05, 0.1) is 0 Å². The summed E-state index contributed by atoms with van der Waals surface area (Å²) in [5, 5.41) is 26.7. The number of aliphatic hydroxyl groups excluding tert-OH is 2. The Morgan fingerprint density at radius 3 is 2.06 bits per heavy atom. The predicted molar refractivity (Wildman–Crippen MR) is 69.7 cm³/mol. The second kappa shape index (κ2) is 12.3. The fraction of sp³-hybridized carbons (Fsp3) is 1.00. The Labute approximate surface area is 105 Å². The molecule has 0 saturated carbocycles. The molecule has 0 aromatic carbocycles. The molecule has 0 aliphatic heterocycles. The van der Waals surface area contributed by atoms with Crippen molar-refractivity contribution in [3.63, 3.8) is 0 Å². The molecule has 4 heteroatoms. The average molecular weight is 247 g/mol. The molecule has 0 aliphatic carbocycles. The SMILES string of the molecule is CCCCCCCCN(CCCO)CC(O)O. The lowest BCUT2D eigenvalue weighted by atomic mass is 10.1. The normalized spacial score (nSPS) is 11.6. The van der Waals surface area contributed by atoms with Crippen LogP contribution in [0, 0.1) is 0 Å². The van der Waals surface area contributed by atoms with Gasteiger partial charge in [0.2, 0.25) is 0 Å². The highest BCUT2D eigenvalue weighted by Crippen LogP contribution is 2.06. The molecule has 0 heterocycles. The first-order chi connectivity index (χ1) is 8.20. The van der Waals surface area contributed by atoms with Crippen molar-refractivity contribution < 1.29 is 15.3 Å². The Bertz CT molecular complexity index is 154. The molecule has 0 radical (unpaired) electrons. The van der Waals surface area contributed by atoms with Crippen molar-refractivity contribution in [3.05, 3.63) is 0 Å². The molecule has 0 spiro atoms. The Kier molecular flexibility index (Phi) is 12.2. The van der Waals surface area contributed by atoms with E-state index >= 15 is 0 Å². The van der Waals surface area contributed by atoms with Crippen molar-refractivity contribution in [2.24, 2.45) is 0 Å². The summed E-state index contributed by atoms with van der Waals surface area (Å²) in [4.78, 5) is 2.01. The van der Waals surface area contributed by atoms with Gasteiger partial charge in [0, 0.05) is 19.7 Å². The summed E-state index contributed by atoms with van der Waals surface area (Å²) >= 11 is 0. The van der Waals surface area contributed by atoms with Crippen LogP contribution in [-0.4, -0.2) is 52.8 Å². The van der Waals surface area contributed by atoms with Gasteiger partial charge in [0.25, 0.3) is 0 Å². The molecule has 0 aliphatic rings. The van der Waals surface area contributed by atoms with E-state index in [1.165, 1.54) is 32.1 Å². The molecular formula is C13H29NO3. The van der Waals surface area contributed by atoms with Crippen LogP contribution in [0.1, 0.15) is 51.9 Å². The molecular weight excluding hydrogens is 218 g/mol. The lowest BCUT2D eigenvalue weighted by Gasteiger charge is -2.22. The van der Waals surface area contributed by atoms with Gasteiger partial charge in [0.15, 0.2) is 6.29 Å². The molecule has 0 fully saturated rings. The Hall–Kier alpha value is -0.160. The zero-order valence-electron chi connectivity index (χ0n) is 11.1. The van der Waals surface area contributed by atoms with E-state index in [1.807, 2.05) is 4.90 Å². The number of hydrogen-bond donors (Lipinski definition) is 3. The third-order valence-corrected chi connectivity index (χ3v) is 2.88. The van der Waals surface area contributed by atoms with Gasteiger partial charge < -0.3 is 15.3 Å². The molecule has 0 rings (SSSR count). The van der Waals surface area contributed by atoms with E-state index in [4.69, 9.17) is 15.3 Å². The monoisotopic (exact) mass is 247 g/mol. The maximum absolute atomic E-state index is 8.95. The molecule has 4 nitrogen and oxygen atoms in total. The number of aliphatic hydroxyl groups is 3. The van der Waals surface area contributed by atoms with Crippen LogP contribution in [0.5, 0.6) is 0 Å². The van der Waals surface area contributed by atoms with Crippen molar-refractivity contribution in [1.82, 2.24) is 4.90 Å².